The van der Waals surface area contributed by atoms with Gasteiger partial charge in [-0.2, -0.15) is 0 Å². The first kappa shape index (κ1) is 12.5. The van der Waals surface area contributed by atoms with Gasteiger partial charge in [0.15, 0.2) is 0 Å². The molecule has 1 aliphatic rings. The second-order valence-corrected chi connectivity index (χ2v) is 6.10. The van der Waals surface area contributed by atoms with Gasteiger partial charge in [0.05, 0.1) is 12.7 Å². The summed E-state index contributed by atoms with van der Waals surface area (Å²) in [5.74, 6) is 0.628. The fourth-order valence-corrected chi connectivity index (χ4v) is 2.99. The van der Waals surface area contributed by atoms with Crippen LogP contribution < -0.4 is 0 Å². The standard InChI is InChI=1S/C12H23BrO/c1-12(2,3)10(8-13)9-14-11-6-4-5-7-11/h10-11H,4-9H2,1-3H3. The van der Waals surface area contributed by atoms with E-state index in [-0.39, 0.29) is 0 Å². The first-order chi connectivity index (χ1) is 6.54. The van der Waals surface area contributed by atoms with Crippen molar-refractivity contribution < 1.29 is 4.74 Å². The minimum absolute atomic E-state index is 0.349. The number of alkyl halides is 1. The topological polar surface area (TPSA) is 9.23 Å². The third kappa shape index (κ3) is 3.90. The molecule has 0 saturated heterocycles. The molecule has 1 saturated carbocycles. The molecule has 0 spiro atoms. The van der Waals surface area contributed by atoms with Crippen LogP contribution in [0.1, 0.15) is 46.5 Å². The maximum absolute atomic E-state index is 5.95. The summed E-state index contributed by atoms with van der Waals surface area (Å²) >= 11 is 3.58. The molecule has 84 valence electrons. The van der Waals surface area contributed by atoms with E-state index in [1.807, 2.05) is 0 Å². The van der Waals surface area contributed by atoms with Gasteiger partial charge in [0.2, 0.25) is 0 Å². The molecular weight excluding hydrogens is 240 g/mol. The van der Waals surface area contributed by atoms with Crippen molar-refractivity contribution in [2.24, 2.45) is 11.3 Å². The molecule has 0 aromatic carbocycles. The first-order valence-corrected chi connectivity index (χ1v) is 6.83. The van der Waals surface area contributed by atoms with Crippen molar-refractivity contribution in [3.63, 3.8) is 0 Å². The Morgan fingerprint density at radius 1 is 1.29 bits per heavy atom. The molecule has 1 aliphatic carbocycles. The van der Waals surface area contributed by atoms with Crippen LogP contribution in [-0.4, -0.2) is 18.0 Å². The highest BCUT2D eigenvalue weighted by molar-refractivity contribution is 9.09. The lowest BCUT2D eigenvalue weighted by atomic mass is 9.83. The van der Waals surface area contributed by atoms with Crippen LogP contribution in [0.2, 0.25) is 0 Å². The summed E-state index contributed by atoms with van der Waals surface area (Å²) < 4.78 is 5.95. The highest BCUT2D eigenvalue weighted by atomic mass is 79.9. The molecule has 0 N–H and O–H groups in total. The van der Waals surface area contributed by atoms with Crippen LogP contribution in [0.3, 0.4) is 0 Å². The van der Waals surface area contributed by atoms with E-state index in [1.54, 1.807) is 0 Å². The maximum Gasteiger partial charge on any atom is 0.0575 e. The summed E-state index contributed by atoms with van der Waals surface area (Å²) in [5, 5.41) is 1.04. The zero-order chi connectivity index (χ0) is 10.6. The highest BCUT2D eigenvalue weighted by Crippen LogP contribution is 2.29. The predicted molar refractivity (Wildman–Crippen MR) is 64.9 cm³/mol. The fourth-order valence-electron chi connectivity index (χ4n) is 1.83. The van der Waals surface area contributed by atoms with Crippen molar-refractivity contribution in [1.82, 2.24) is 0 Å². The largest absolute Gasteiger partial charge is 0.378 e. The Kier molecular flexibility index (Phi) is 4.92. The Morgan fingerprint density at radius 2 is 1.86 bits per heavy atom. The molecule has 0 amide bonds. The molecule has 0 heterocycles. The third-order valence-electron chi connectivity index (χ3n) is 3.25. The van der Waals surface area contributed by atoms with Crippen LogP contribution in [0.5, 0.6) is 0 Å². The number of halogens is 1. The fraction of sp³-hybridized carbons (Fsp3) is 1.00. The lowest BCUT2D eigenvalue weighted by Crippen LogP contribution is -2.28. The highest BCUT2D eigenvalue weighted by Gasteiger charge is 2.25. The quantitative estimate of drug-likeness (QED) is 0.696. The molecule has 0 radical (unpaired) electrons. The molecule has 0 aromatic rings. The lowest BCUT2D eigenvalue weighted by Gasteiger charge is -2.30. The molecule has 14 heavy (non-hydrogen) atoms. The summed E-state index contributed by atoms with van der Waals surface area (Å²) in [6.45, 7) is 7.78. The van der Waals surface area contributed by atoms with Gasteiger partial charge in [-0.1, -0.05) is 49.5 Å². The first-order valence-electron chi connectivity index (χ1n) is 5.71. The molecule has 1 nitrogen and oxygen atoms in total. The van der Waals surface area contributed by atoms with Crippen LogP contribution in [0.15, 0.2) is 0 Å². The Morgan fingerprint density at radius 3 is 2.29 bits per heavy atom. The third-order valence-corrected chi connectivity index (χ3v) is 4.03. The molecule has 0 aliphatic heterocycles. The van der Waals surface area contributed by atoms with Gasteiger partial charge < -0.3 is 4.74 Å². The summed E-state index contributed by atoms with van der Waals surface area (Å²) in [5.41, 5.74) is 0.349. The minimum Gasteiger partial charge on any atom is -0.378 e. The zero-order valence-corrected chi connectivity index (χ0v) is 11.3. The molecule has 1 fully saturated rings. The van der Waals surface area contributed by atoms with Crippen molar-refractivity contribution in [3.05, 3.63) is 0 Å². The average molecular weight is 263 g/mol. The smallest absolute Gasteiger partial charge is 0.0575 e. The SMILES string of the molecule is CC(C)(C)C(CBr)COC1CCCC1. The molecule has 0 bridgehead atoms. The lowest BCUT2D eigenvalue weighted by molar-refractivity contribution is 0.0132. The van der Waals surface area contributed by atoms with Gasteiger partial charge in [-0.3, -0.25) is 0 Å². The predicted octanol–water partition coefficient (Wildman–Crippen LogP) is 4.00. The Bertz CT molecular complexity index is 156. The Labute approximate surface area is 96.7 Å². The van der Waals surface area contributed by atoms with Crippen molar-refractivity contribution in [2.45, 2.75) is 52.6 Å². The summed E-state index contributed by atoms with van der Waals surface area (Å²) in [7, 11) is 0. The molecule has 2 heteroatoms. The van der Waals surface area contributed by atoms with E-state index in [9.17, 15) is 0 Å². The van der Waals surface area contributed by atoms with Crippen LogP contribution in [0.4, 0.5) is 0 Å². The molecule has 1 rings (SSSR count). The van der Waals surface area contributed by atoms with Gasteiger partial charge >= 0.3 is 0 Å². The van der Waals surface area contributed by atoms with E-state index in [2.05, 4.69) is 36.7 Å². The van der Waals surface area contributed by atoms with Crippen LogP contribution in [0.25, 0.3) is 0 Å². The van der Waals surface area contributed by atoms with Gasteiger partial charge in [0.25, 0.3) is 0 Å². The second-order valence-electron chi connectivity index (χ2n) is 5.46. The van der Waals surface area contributed by atoms with E-state index < -0.39 is 0 Å². The van der Waals surface area contributed by atoms with Gasteiger partial charge in [0.1, 0.15) is 0 Å². The van der Waals surface area contributed by atoms with E-state index in [1.165, 1.54) is 25.7 Å². The summed E-state index contributed by atoms with van der Waals surface area (Å²) in [4.78, 5) is 0. The average Bonchev–Trinajstić information content (AvgIpc) is 2.55. The Balaban J connectivity index is 2.26. The normalized spacial score (nSPS) is 21.4. The van der Waals surface area contributed by atoms with Crippen molar-refractivity contribution in [3.8, 4) is 0 Å². The molecule has 1 atom stereocenters. The maximum atomic E-state index is 5.95. The summed E-state index contributed by atoms with van der Waals surface area (Å²) in [6.07, 6.45) is 5.83. The zero-order valence-electron chi connectivity index (χ0n) is 9.68. The van der Waals surface area contributed by atoms with Crippen molar-refractivity contribution in [2.75, 3.05) is 11.9 Å². The number of hydrogen-bond donors (Lipinski definition) is 0. The van der Waals surface area contributed by atoms with Crippen molar-refractivity contribution in [1.29, 1.82) is 0 Å². The van der Waals surface area contributed by atoms with E-state index in [0.29, 0.717) is 17.4 Å². The van der Waals surface area contributed by atoms with E-state index in [4.69, 9.17) is 4.74 Å². The molecule has 1 unspecified atom stereocenters. The van der Waals surface area contributed by atoms with Crippen LogP contribution in [0, 0.1) is 11.3 Å². The van der Waals surface area contributed by atoms with Crippen LogP contribution >= 0.6 is 15.9 Å². The monoisotopic (exact) mass is 262 g/mol. The minimum atomic E-state index is 0.349. The van der Waals surface area contributed by atoms with Gasteiger partial charge in [-0.05, 0) is 24.2 Å². The second kappa shape index (κ2) is 5.50. The van der Waals surface area contributed by atoms with Gasteiger partial charge in [-0.25, -0.2) is 0 Å². The van der Waals surface area contributed by atoms with E-state index in [0.717, 1.165) is 11.9 Å². The number of ether oxygens (including phenoxy) is 1. The number of hydrogen-bond acceptors (Lipinski definition) is 1. The van der Waals surface area contributed by atoms with E-state index >= 15 is 0 Å². The van der Waals surface area contributed by atoms with Crippen molar-refractivity contribution >= 4 is 15.9 Å². The molecule has 0 aromatic heterocycles. The van der Waals surface area contributed by atoms with Gasteiger partial charge in [-0.15, -0.1) is 0 Å². The summed E-state index contributed by atoms with van der Waals surface area (Å²) in [6, 6.07) is 0. The van der Waals surface area contributed by atoms with Crippen LogP contribution in [-0.2, 0) is 4.74 Å². The number of rotatable bonds is 4. The Hall–Kier alpha value is 0.440. The molecular formula is C12H23BrO. The van der Waals surface area contributed by atoms with Gasteiger partial charge in [0, 0.05) is 5.33 Å².